The van der Waals surface area contributed by atoms with E-state index in [1.807, 2.05) is 24.3 Å². The largest absolute Gasteiger partial charge is 0.493 e. The lowest BCUT2D eigenvalue weighted by molar-refractivity contribution is 0.292. The minimum absolute atomic E-state index is 0.0926. The van der Waals surface area contributed by atoms with Gasteiger partial charge in [-0.2, -0.15) is 0 Å². The molecule has 2 aromatic rings. The Morgan fingerprint density at radius 1 is 1.22 bits per heavy atom. The molecule has 6 heteroatoms. The van der Waals surface area contributed by atoms with Crippen LogP contribution < -0.4 is 9.47 Å². The van der Waals surface area contributed by atoms with E-state index in [-0.39, 0.29) is 11.7 Å². The van der Waals surface area contributed by atoms with Gasteiger partial charge in [-0.1, -0.05) is 24.3 Å². The summed E-state index contributed by atoms with van der Waals surface area (Å²) in [6, 6.07) is 11.0. The maximum atomic E-state index is 14.7. The molecule has 1 heterocycles. The fraction of sp³-hybridized carbons (Fsp3) is 0.294. The van der Waals surface area contributed by atoms with Gasteiger partial charge in [-0.25, -0.2) is 4.39 Å². The fourth-order valence-corrected chi connectivity index (χ4v) is 2.91. The van der Waals surface area contributed by atoms with Crippen molar-refractivity contribution in [2.45, 2.75) is 12.2 Å². The summed E-state index contributed by atoms with van der Waals surface area (Å²) in [4.78, 5) is 0. The minimum Gasteiger partial charge on any atom is -0.493 e. The monoisotopic (exact) mass is 316 g/mol. The summed E-state index contributed by atoms with van der Waals surface area (Å²) in [6.45, 7) is 0.471. The van der Waals surface area contributed by atoms with Gasteiger partial charge in [0.15, 0.2) is 17.3 Å². The zero-order chi connectivity index (χ0) is 16.4. The molecule has 0 saturated carbocycles. The van der Waals surface area contributed by atoms with Crippen molar-refractivity contribution in [3.05, 3.63) is 47.8 Å². The lowest BCUT2D eigenvalue weighted by Crippen LogP contribution is -2.07. The quantitative estimate of drug-likeness (QED) is 0.881. The lowest BCUT2D eigenvalue weighted by Gasteiger charge is -2.14. The van der Waals surface area contributed by atoms with Crippen LogP contribution in [-0.4, -0.2) is 33.0 Å². The summed E-state index contributed by atoms with van der Waals surface area (Å²) in [5, 5.41) is 9.50. The van der Waals surface area contributed by atoms with E-state index in [0.29, 0.717) is 24.2 Å². The first-order valence-corrected chi connectivity index (χ1v) is 7.44. The molecule has 0 aliphatic carbocycles. The Balaban J connectivity index is 1.99. The molecule has 0 amide bonds. The molecule has 0 spiro atoms. The molecule has 3 rings (SSSR count). The summed E-state index contributed by atoms with van der Waals surface area (Å²) < 4.78 is 30.1. The zero-order valence-electron chi connectivity index (χ0n) is 13.1. The van der Waals surface area contributed by atoms with E-state index in [9.17, 15) is 9.41 Å². The van der Waals surface area contributed by atoms with E-state index in [4.69, 9.17) is 14.1 Å². The van der Waals surface area contributed by atoms with Crippen LogP contribution in [0.3, 0.4) is 0 Å². The maximum Gasteiger partial charge on any atom is 0.454 e. The Morgan fingerprint density at radius 2 is 2.04 bits per heavy atom. The lowest BCUT2D eigenvalue weighted by atomic mass is 9.79. The summed E-state index contributed by atoms with van der Waals surface area (Å²) in [6.07, 6.45) is 0.553. The Hall–Kier alpha value is -2.05. The van der Waals surface area contributed by atoms with E-state index < -0.39 is 12.9 Å². The van der Waals surface area contributed by atoms with Gasteiger partial charge in [0.2, 0.25) is 0 Å². The second-order valence-corrected chi connectivity index (χ2v) is 5.51. The molecular weight excluding hydrogens is 298 g/mol. The zero-order valence-corrected chi connectivity index (χ0v) is 13.1. The smallest absolute Gasteiger partial charge is 0.454 e. The van der Waals surface area contributed by atoms with Crippen molar-refractivity contribution in [3.8, 4) is 22.6 Å². The van der Waals surface area contributed by atoms with E-state index in [0.717, 1.165) is 11.1 Å². The molecule has 120 valence electrons. The van der Waals surface area contributed by atoms with Crippen LogP contribution in [0.1, 0.15) is 11.5 Å². The highest BCUT2D eigenvalue weighted by Crippen LogP contribution is 2.38. The van der Waals surface area contributed by atoms with Gasteiger partial charge in [-0.05, 0) is 29.6 Å². The number of hydrogen-bond donors (Lipinski definition) is 1. The third-order valence-electron chi connectivity index (χ3n) is 4.13. The van der Waals surface area contributed by atoms with Crippen LogP contribution in [0.15, 0.2) is 36.4 Å². The second-order valence-electron chi connectivity index (χ2n) is 5.51. The summed E-state index contributed by atoms with van der Waals surface area (Å²) in [5.74, 6) is 0.118. The molecule has 1 saturated heterocycles. The molecule has 2 aromatic carbocycles. The number of hydrogen-bond acceptors (Lipinski definition) is 4. The molecule has 1 aliphatic heterocycles. The van der Waals surface area contributed by atoms with Crippen LogP contribution in [0.2, 0.25) is 6.32 Å². The first-order chi connectivity index (χ1) is 11.1. The van der Waals surface area contributed by atoms with Crippen molar-refractivity contribution in [3.63, 3.8) is 0 Å². The number of benzene rings is 2. The van der Waals surface area contributed by atoms with Crippen molar-refractivity contribution >= 4 is 7.12 Å². The van der Waals surface area contributed by atoms with Crippen molar-refractivity contribution in [1.82, 2.24) is 0 Å². The van der Waals surface area contributed by atoms with Crippen LogP contribution >= 0.6 is 0 Å². The molecule has 0 radical (unpaired) electrons. The van der Waals surface area contributed by atoms with Crippen LogP contribution in [0.4, 0.5) is 4.39 Å². The Kier molecular flexibility index (Phi) is 4.55. The maximum absolute atomic E-state index is 14.7. The Labute approximate surface area is 135 Å². The third kappa shape index (κ3) is 3.05. The molecule has 0 unspecified atom stereocenters. The molecule has 0 bridgehead atoms. The number of ether oxygens (including phenoxy) is 2. The molecule has 1 atom stereocenters. The Morgan fingerprint density at radius 3 is 2.70 bits per heavy atom. The average Bonchev–Trinajstić information content (AvgIpc) is 3.01. The van der Waals surface area contributed by atoms with Crippen LogP contribution in [-0.2, 0) is 4.65 Å². The molecule has 1 N–H and O–H groups in total. The predicted octanol–water partition coefficient (Wildman–Crippen LogP) is 3.10. The predicted molar refractivity (Wildman–Crippen MR) is 86.4 cm³/mol. The van der Waals surface area contributed by atoms with Crippen molar-refractivity contribution in [2.24, 2.45) is 0 Å². The van der Waals surface area contributed by atoms with Gasteiger partial charge in [0.25, 0.3) is 0 Å². The van der Waals surface area contributed by atoms with Crippen molar-refractivity contribution in [1.29, 1.82) is 0 Å². The summed E-state index contributed by atoms with van der Waals surface area (Å²) >= 11 is 0. The van der Waals surface area contributed by atoms with Gasteiger partial charge in [0, 0.05) is 18.1 Å². The molecule has 4 nitrogen and oxygen atoms in total. The highest BCUT2D eigenvalue weighted by molar-refractivity contribution is 6.43. The number of halogens is 1. The third-order valence-corrected chi connectivity index (χ3v) is 4.13. The van der Waals surface area contributed by atoms with Crippen molar-refractivity contribution in [2.75, 3.05) is 20.8 Å². The second kappa shape index (κ2) is 6.60. The van der Waals surface area contributed by atoms with Crippen LogP contribution in [0.25, 0.3) is 11.1 Å². The van der Waals surface area contributed by atoms with E-state index in [2.05, 4.69) is 0 Å². The Bertz CT molecular complexity index is 707. The van der Waals surface area contributed by atoms with E-state index in [1.165, 1.54) is 14.2 Å². The highest BCUT2D eigenvalue weighted by atomic mass is 19.1. The first kappa shape index (κ1) is 15.8. The van der Waals surface area contributed by atoms with Gasteiger partial charge < -0.3 is 19.2 Å². The topological polar surface area (TPSA) is 47.9 Å². The SMILES string of the molecule is COc1ccc(-c2cccc([C@@H]3COB(O)C3)c2)c(F)c1OC. The summed E-state index contributed by atoms with van der Waals surface area (Å²) in [5.41, 5.74) is 2.22. The minimum atomic E-state index is -0.721. The van der Waals surface area contributed by atoms with Crippen LogP contribution in [0, 0.1) is 5.82 Å². The molecule has 0 aromatic heterocycles. The molecule has 1 aliphatic rings. The van der Waals surface area contributed by atoms with Gasteiger partial charge in [-0.3, -0.25) is 0 Å². The number of methoxy groups -OCH3 is 2. The van der Waals surface area contributed by atoms with Gasteiger partial charge in [0.1, 0.15) is 0 Å². The first-order valence-electron chi connectivity index (χ1n) is 7.44. The molecular formula is C17H18BFO4. The standard InChI is InChI=1S/C17H18BFO4/c1-21-15-7-6-14(16(19)17(15)22-2)12-5-3-4-11(8-12)13-9-18(20)23-10-13/h3-8,13,20H,9-10H2,1-2H3/t13-/m0/s1. The van der Waals surface area contributed by atoms with E-state index in [1.54, 1.807) is 12.1 Å². The van der Waals surface area contributed by atoms with Crippen molar-refractivity contribution < 1.29 is 23.5 Å². The normalized spacial score (nSPS) is 17.4. The van der Waals surface area contributed by atoms with Gasteiger partial charge in [-0.15, -0.1) is 0 Å². The average molecular weight is 316 g/mol. The molecule has 23 heavy (non-hydrogen) atoms. The van der Waals surface area contributed by atoms with Crippen LogP contribution in [0.5, 0.6) is 11.5 Å². The fourth-order valence-electron chi connectivity index (χ4n) is 2.91. The van der Waals surface area contributed by atoms with Gasteiger partial charge >= 0.3 is 7.12 Å². The van der Waals surface area contributed by atoms with Gasteiger partial charge in [0.05, 0.1) is 14.2 Å². The summed E-state index contributed by atoms with van der Waals surface area (Å²) in [7, 11) is 2.17. The number of rotatable bonds is 4. The highest BCUT2D eigenvalue weighted by Gasteiger charge is 2.29. The molecule has 1 fully saturated rings. The van der Waals surface area contributed by atoms with E-state index >= 15 is 0 Å².